The molecule has 70 valence electrons. The number of carboxylic acids is 1. The standard InChI is InChI=1S/C9H11NO3/c1-2-13-8-5-7(3-4-10-8)6-9(11)12/h3-5H,2,6H2,1H3,(H,11,12). The van der Waals surface area contributed by atoms with Crippen LogP contribution in [0.3, 0.4) is 0 Å². The second-order valence-corrected chi connectivity index (χ2v) is 2.51. The van der Waals surface area contributed by atoms with Crippen LogP contribution in [0.1, 0.15) is 12.5 Å². The van der Waals surface area contributed by atoms with E-state index in [4.69, 9.17) is 9.84 Å². The van der Waals surface area contributed by atoms with E-state index in [1.807, 2.05) is 6.92 Å². The van der Waals surface area contributed by atoms with Crippen LogP contribution >= 0.6 is 0 Å². The lowest BCUT2D eigenvalue weighted by molar-refractivity contribution is -0.136. The maximum absolute atomic E-state index is 10.4. The topological polar surface area (TPSA) is 59.4 Å². The lowest BCUT2D eigenvalue weighted by atomic mass is 10.2. The predicted molar refractivity (Wildman–Crippen MR) is 46.7 cm³/mol. The van der Waals surface area contributed by atoms with Crippen LogP contribution in [0, 0.1) is 0 Å². The fraction of sp³-hybridized carbons (Fsp3) is 0.333. The van der Waals surface area contributed by atoms with Gasteiger partial charge in [0, 0.05) is 12.3 Å². The minimum atomic E-state index is -0.853. The molecule has 4 heteroatoms. The SMILES string of the molecule is CCOc1cc(CC(=O)O)ccn1. The van der Waals surface area contributed by atoms with Gasteiger partial charge >= 0.3 is 5.97 Å². The summed E-state index contributed by atoms with van der Waals surface area (Å²) in [5.74, 6) is -0.380. The van der Waals surface area contributed by atoms with Gasteiger partial charge in [-0.25, -0.2) is 4.98 Å². The van der Waals surface area contributed by atoms with Crippen LogP contribution < -0.4 is 4.74 Å². The number of aromatic nitrogens is 1. The predicted octanol–water partition coefficient (Wildman–Crippen LogP) is 1.11. The van der Waals surface area contributed by atoms with Crippen LogP contribution in [0.15, 0.2) is 18.3 Å². The summed E-state index contributed by atoms with van der Waals surface area (Å²) in [7, 11) is 0. The van der Waals surface area contributed by atoms with E-state index in [-0.39, 0.29) is 6.42 Å². The third-order valence-corrected chi connectivity index (χ3v) is 1.45. The molecule has 1 aromatic rings. The Balaban J connectivity index is 2.73. The van der Waals surface area contributed by atoms with E-state index in [2.05, 4.69) is 4.98 Å². The van der Waals surface area contributed by atoms with Crippen LogP contribution in [-0.2, 0) is 11.2 Å². The molecule has 0 aliphatic heterocycles. The first-order valence-electron chi connectivity index (χ1n) is 4.02. The highest BCUT2D eigenvalue weighted by atomic mass is 16.5. The Morgan fingerprint density at radius 3 is 3.08 bits per heavy atom. The summed E-state index contributed by atoms with van der Waals surface area (Å²) in [6.45, 7) is 2.38. The minimum Gasteiger partial charge on any atom is -0.481 e. The number of hydrogen-bond acceptors (Lipinski definition) is 3. The Bertz CT molecular complexity index is 299. The smallest absolute Gasteiger partial charge is 0.307 e. The van der Waals surface area contributed by atoms with Gasteiger partial charge in [0.15, 0.2) is 0 Å². The molecule has 4 nitrogen and oxygen atoms in total. The maximum atomic E-state index is 10.4. The summed E-state index contributed by atoms with van der Waals surface area (Å²) in [6.07, 6.45) is 1.55. The summed E-state index contributed by atoms with van der Waals surface area (Å²) in [4.78, 5) is 14.3. The molecule has 1 heterocycles. The Labute approximate surface area is 76.2 Å². The van der Waals surface area contributed by atoms with Crippen molar-refractivity contribution in [2.24, 2.45) is 0 Å². The fourth-order valence-corrected chi connectivity index (χ4v) is 0.962. The zero-order valence-electron chi connectivity index (χ0n) is 7.36. The van der Waals surface area contributed by atoms with Crippen molar-refractivity contribution in [2.45, 2.75) is 13.3 Å². The van der Waals surface area contributed by atoms with Crippen molar-refractivity contribution in [1.29, 1.82) is 0 Å². The molecular formula is C9H11NO3. The van der Waals surface area contributed by atoms with Crippen LogP contribution in [0.4, 0.5) is 0 Å². The van der Waals surface area contributed by atoms with E-state index >= 15 is 0 Å². The van der Waals surface area contributed by atoms with Crippen LogP contribution in [0.25, 0.3) is 0 Å². The molecule has 1 rings (SSSR count). The highest BCUT2D eigenvalue weighted by Gasteiger charge is 2.01. The van der Waals surface area contributed by atoms with Gasteiger partial charge < -0.3 is 9.84 Å². The molecule has 0 saturated heterocycles. The molecular weight excluding hydrogens is 170 g/mol. The third-order valence-electron chi connectivity index (χ3n) is 1.45. The quantitative estimate of drug-likeness (QED) is 0.755. The van der Waals surface area contributed by atoms with Crippen molar-refractivity contribution in [2.75, 3.05) is 6.61 Å². The largest absolute Gasteiger partial charge is 0.481 e. The van der Waals surface area contributed by atoms with Gasteiger partial charge in [0.2, 0.25) is 5.88 Å². The molecule has 13 heavy (non-hydrogen) atoms. The molecule has 0 bridgehead atoms. The van der Waals surface area contributed by atoms with Gasteiger partial charge in [0.05, 0.1) is 13.0 Å². The summed E-state index contributed by atoms with van der Waals surface area (Å²) < 4.78 is 5.12. The van der Waals surface area contributed by atoms with E-state index in [0.717, 1.165) is 0 Å². The molecule has 0 aliphatic carbocycles. The van der Waals surface area contributed by atoms with Crippen molar-refractivity contribution in [3.8, 4) is 5.88 Å². The van der Waals surface area contributed by atoms with Gasteiger partial charge in [0.1, 0.15) is 0 Å². The molecule has 0 radical (unpaired) electrons. The van der Waals surface area contributed by atoms with Crippen LogP contribution in [-0.4, -0.2) is 22.7 Å². The number of ether oxygens (including phenoxy) is 1. The normalized spacial score (nSPS) is 9.62. The molecule has 0 atom stereocenters. The van der Waals surface area contributed by atoms with E-state index in [9.17, 15) is 4.79 Å². The average Bonchev–Trinajstić information content (AvgIpc) is 2.04. The molecule has 0 amide bonds. The average molecular weight is 181 g/mol. The Hall–Kier alpha value is -1.58. The Morgan fingerprint density at radius 1 is 1.69 bits per heavy atom. The van der Waals surface area contributed by atoms with E-state index in [1.165, 1.54) is 0 Å². The van der Waals surface area contributed by atoms with Gasteiger partial charge in [-0.15, -0.1) is 0 Å². The van der Waals surface area contributed by atoms with Crippen molar-refractivity contribution >= 4 is 5.97 Å². The summed E-state index contributed by atoms with van der Waals surface area (Å²) in [5.41, 5.74) is 0.700. The number of nitrogens with zero attached hydrogens (tertiary/aromatic N) is 1. The second-order valence-electron chi connectivity index (χ2n) is 2.51. The minimum absolute atomic E-state index is 0.00257. The lowest BCUT2D eigenvalue weighted by Gasteiger charge is -2.02. The number of rotatable bonds is 4. The number of hydrogen-bond donors (Lipinski definition) is 1. The van der Waals surface area contributed by atoms with E-state index in [1.54, 1.807) is 18.3 Å². The molecule has 1 N–H and O–H groups in total. The number of carboxylic acid groups (broad SMARTS) is 1. The van der Waals surface area contributed by atoms with Gasteiger partial charge in [0.25, 0.3) is 0 Å². The van der Waals surface area contributed by atoms with E-state index < -0.39 is 5.97 Å². The maximum Gasteiger partial charge on any atom is 0.307 e. The zero-order valence-corrected chi connectivity index (χ0v) is 7.36. The second kappa shape index (κ2) is 4.45. The van der Waals surface area contributed by atoms with Crippen molar-refractivity contribution in [3.05, 3.63) is 23.9 Å². The number of aliphatic carboxylic acids is 1. The molecule has 1 aromatic heterocycles. The molecule has 0 aromatic carbocycles. The Kier molecular flexibility index (Phi) is 3.25. The summed E-state index contributed by atoms with van der Waals surface area (Å²) in [6, 6.07) is 3.30. The molecule has 0 aliphatic rings. The first kappa shape index (κ1) is 9.51. The fourth-order valence-electron chi connectivity index (χ4n) is 0.962. The first-order chi connectivity index (χ1) is 6.22. The van der Waals surface area contributed by atoms with Gasteiger partial charge in [-0.05, 0) is 18.6 Å². The van der Waals surface area contributed by atoms with Gasteiger partial charge in [-0.2, -0.15) is 0 Å². The monoisotopic (exact) mass is 181 g/mol. The molecule has 0 fully saturated rings. The van der Waals surface area contributed by atoms with Crippen molar-refractivity contribution in [3.63, 3.8) is 0 Å². The van der Waals surface area contributed by atoms with Crippen LogP contribution in [0.2, 0.25) is 0 Å². The third kappa shape index (κ3) is 3.11. The summed E-state index contributed by atoms with van der Waals surface area (Å²) >= 11 is 0. The number of pyridine rings is 1. The number of carbonyl (C=O) groups is 1. The highest BCUT2D eigenvalue weighted by Crippen LogP contribution is 2.09. The lowest BCUT2D eigenvalue weighted by Crippen LogP contribution is -2.01. The van der Waals surface area contributed by atoms with Gasteiger partial charge in [-0.3, -0.25) is 4.79 Å². The molecule has 0 spiro atoms. The summed E-state index contributed by atoms with van der Waals surface area (Å²) in [5, 5.41) is 8.53. The Morgan fingerprint density at radius 2 is 2.46 bits per heavy atom. The molecule has 0 unspecified atom stereocenters. The van der Waals surface area contributed by atoms with Gasteiger partial charge in [-0.1, -0.05) is 0 Å². The zero-order chi connectivity index (χ0) is 9.68. The first-order valence-corrected chi connectivity index (χ1v) is 4.02. The van der Waals surface area contributed by atoms with Crippen molar-refractivity contribution < 1.29 is 14.6 Å². The van der Waals surface area contributed by atoms with Crippen LogP contribution in [0.5, 0.6) is 5.88 Å². The van der Waals surface area contributed by atoms with Crippen molar-refractivity contribution in [1.82, 2.24) is 4.98 Å². The van der Waals surface area contributed by atoms with E-state index in [0.29, 0.717) is 18.1 Å². The molecule has 0 saturated carbocycles. The highest BCUT2D eigenvalue weighted by molar-refractivity contribution is 5.70.